The normalized spacial score (nSPS) is 11.3. The van der Waals surface area contributed by atoms with E-state index < -0.39 is 16.8 Å². The number of H-pyrrole nitrogens is 1. The quantitative estimate of drug-likeness (QED) is 0.314. The van der Waals surface area contributed by atoms with Crippen molar-refractivity contribution in [1.82, 2.24) is 19.9 Å². The van der Waals surface area contributed by atoms with Crippen molar-refractivity contribution in [3.8, 4) is 23.5 Å². The summed E-state index contributed by atoms with van der Waals surface area (Å²) in [6.07, 6.45) is 0.794. The van der Waals surface area contributed by atoms with Crippen LogP contribution in [0, 0.1) is 0 Å². The number of aromatic nitrogens is 4. The zero-order valence-corrected chi connectivity index (χ0v) is 20.1. The maximum atomic E-state index is 13.0. The molecule has 12 heteroatoms. The van der Waals surface area contributed by atoms with Crippen LogP contribution in [-0.2, 0) is 19.0 Å². The van der Waals surface area contributed by atoms with Gasteiger partial charge in [0.05, 0.1) is 24.3 Å². The molecule has 2 aromatic carbocycles. The molecule has 0 atom stereocenters. The molecule has 0 saturated heterocycles. The van der Waals surface area contributed by atoms with E-state index in [0.717, 1.165) is 23.3 Å². The maximum Gasteiger partial charge on any atom is 0.417 e. The minimum Gasteiger partial charge on any atom is -0.467 e. The molecular formula is C25H20ClF3N4O4. The van der Waals surface area contributed by atoms with Crippen molar-refractivity contribution >= 4 is 11.6 Å². The standard InChI is InChI=1S/C25H20ClF3N4O4/c1-35-23-30-12-16(13-31-23)10-17-14-32-24(33-22(17)34)36-9-8-15-2-4-18(5-3-15)37-19-6-7-21(26)20(11-19)25(27,28)29/h2-7,11-14H,8-10H2,1H3,(H,32,33,34). The summed E-state index contributed by atoms with van der Waals surface area (Å²) in [4.78, 5) is 27.1. The van der Waals surface area contributed by atoms with Crippen LogP contribution in [0.2, 0.25) is 5.02 Å². The second kappa shape index (κ2) is 11.3. The van der Waals surface area contributed by atoms with Crippen LogP contribution in [-0.4, -0.2) is 33.7 Å². The number of ether oxygens (including phenoxy) is 3. The fourth-order valence-electron chi connectivity index (χ4n) is 3.27. The minimum absolute atomic E-state index is 0.0193. The monoisotopic (exact) mass is 532 g/mol. The largest absolute Gasteiger partial charge is 0.467 e. The number of nitrogens with one attached hydrogen (secondary N) is 1. The Morgan fingerprint density at radius 2 is 1.65 bits per heavy atom. The molecule has 0 aliphatic rings. The summed E-state index contributed by atoms with van der Waals surface area (Å²) in [7, 11) is 1.47. The van der Waals surface area contributed by atoms with Crippen LogP contribution < -0.4 is 19.8 Å². The van der Waals surface area contributed by atoms with Gasteiger partial charge < -0.3 is 14.2 Å². The van der Waals surface area contributed by atoms with Crippen LogP contribution in [0.4, 0.5) is 13.2 Å². The highest BCUT2D eigenvalue weighted by molar-refractivity contribution is 6.31. The fourth-order valence-corrected chi connectivity index (χ4v) is 3.50. The van der Waals surface area contributed by atoms with E-state index in [1.54, 1.807) is 36.7 Å². The van der Waals surface area contributed by atoms with Crippen molar-refractivity contribution in [2.24, 2.45) is 0 Å². The van der Waals surface area contributed by atoms with Gasteiger partial charge in [0.2, 0.25) is 0 Å². The van der Waals surface area contributed by atoms with Crippen LogP contribution in [0.5, 0.6) is 23.5 Å². The molecule has 0 saturated carbocycles. The van der Waals surface area contributed by atoms with E-state index in [-0.39, 0.29) is 29.9 Å². The van der Waals surface area contributed by atoms with Gasteiger partial charge in [0.25, 0.3) is 11.6 Å². The van der Waals surface area contributed by atoms with Crippen LogP contribution in [0.3, 0.4) is 0 Å². The van der Waals surface area contributed by atoms with Crippen LogP contribution >= 0.6 is 11.6 Å². The Kier molecular flexibility index (Phi) is 7.92. The molecular weight excluding hydrogens is 513 g/mol. The predicted octanol–water partition coefficient (Wildman–Crippen LogP) is 5.25. The van der Waals surface area contributed by atoms with Crippen LogP contribution in [0.1, 0.15) is 22.3 Å². The number of methoxy groups -OCH3 is 1. The molecule has 0 amide bonds. The van der Waals surface area contributed by atoms with Crippen LogP contribution in [0.15, 0.2) is 65.8 Å². The minimum atomic E-state index is -4.58. The van der Waals surface area contributed by atoms with Gasteiger partial charge in [-0.1, -0.05) is 23.7 Å². The number of halogens is 4. The van der Waals surface area contributed by atoms with E-state index in [4.69, 9.17) is 25.8 Å². The Labute approximate surface area is 214 Å². The molecule has 1 N–H and O–H groups in total. The van der Waals surface area contributed by atoms with Crippen molar-refractivity contribution < 1.29 is 27.4 Å². The van der Waals surface area contributed by atoms with Crippen molar-refractivity contribution in [2.75, 3.05) is 13.7 Å². The zero-order chi connectivity index (χ0) is 26.4. The Balaban J connectivity index is 1.30. The average molecular weight is 533 g/mol. The Morgan fingerprint density at radius 3 is 2.30 bits per heavy atom. The Hall–Kier alpha value is -4.12. The molecule has 4 rings (SSSR count). The molecule has 0 fully saturated rings. The highest BCUT2D eigenvalue weighted by Gasteiger charge is 2.33. The first-order chi connectivity index (χ1) is 17.7. The van der Waals surface area contributed by atoms with E-state index in [1.165, 1.54) is 19.4 Å². The first kappa shape index (κ1) is 26.0. The van der Waals surface area contributed by atoms with Gasteiger partial charge in [-0.2, -0.15) is 13.2 Å². The van der Waals surface area contributed by atoms with Crippen molar-refractivity contribution in [3.63, 3.8) is 0 Å². The molecule has 0 spiro atoms. The summed E-state index contributed by atoms with van der Waals surface area (Å²) in [6.45, 7) is 0.237. The molecule has 192 valence electrons. The van der Waals surface area contributed by atoms with Crippen LogP contribution in [0.25, 0.3) is 0 Å². The Morgan fingerprint density at radius 1 is 0.946 bits per heavy atom. The molecule has 0 radical (unpaired) electrons. The van der Waals surface area contributed by atoms with E-state index in [2.05, 4.69) is 19.9 Å². The number of benzene rings is 2. The number of alkyl halides is 3. The SMILES string of the molecule is COc1ncc(Cc2cnc(OCCc3ccc(Oc4ccc(Cl)c(C(F)(F)F)c4)cc3)[nH]c2=O)cn1. The summed E-state index contributed by atoms with van der Waals surface area (Å²) in [6, 6.07) is 10.5. The first-order valence-electron chi connectivity index (χ1n) is 10.9. The highest BCUT2D eigenvalue weighted by atomic mass is 35.5. The van der Waals surface area contributed by atoms with Crippen molar-refractivity contribution in [1.29, 1.82) is 0 Å². The topological polar surface area (TPSA) is 99.2 Å². The maximum absolute atomic E-state index is 13.0. The van der Waals surface area contributed by atoms with Gasteiger partial charge in [-0.3, -0.25) is 9.78 Å². The Bertz CT molecular complexity index is 1410. The summed E-state index contributed by atoms with van der Waals surface area (Å²) in [5.74, 6) is 0.384. The van der Waals surface area contributed by atoms with E-state index in [0.29, 0.717) is 24.2 Å². The lowest BCUT2D eigenvalue weighted by molar-refractivity contribution is -0.137. The molecule has 4 aromatic rings. The summed E-state index contributed by atoms with van der Waals surface area (Å²) >= 11 is 5.64. The van der Waals surface area contributed by atoms with E-state index >= 15 is 0 Å². The lowest BCUT2D eigenvalue weighted by Gasteiger charge is -2.12. The smallest absolute Gasteiger partial charge is 0.417 e. The molecule has 2 aromatic heterocycles. The van der Waals surface area contributed by atoms with Gasteiger partial charge in [-0.05, 0) is 41.5 Å². The third-order valence-electron chi connectivity index (χ3n) is 5.14. The molecule has 2 heterocycles. The van der Waals surface area contributed by atoms with Gasteiger partial charge in [-0.15, -0.1) is 0 Å². The van der Waals surface area contributed by atoms with Crippen molar-refractivity contribution in [3.05, 3.63) is 98.7 Å². The van der Waals surface area contributed by atoms with Gasteiger partial charge in [0.15, 0.2) is 0 Å². The molecule has 0 aliphatic carbocycles. The summed E-state index contributed by atoms with van der Waals surface area (Å²) in [5.41, 5.74) is 0.747. The third-order valence-corrected chi connectivity index (χ3v) is 5.47. The molecule has 0 aliphatic heterocycles. The van der Waals surface area contributed by atoms with E-state index in [1.807, 2.05) is 0 Å². The molecule has 0 bridgehead atoms. The molecule has 8 nitrogen and oxygen atoms in total. The number of rotatable bonds is 9. The fraction of sp³-hybridized carbons (Fsp3) is 0.200. The van der Waals surface area contributed by atoms with E-state index in [9.17, 15) is 18.0 Å². The van der Waals surface area contributed by atoms with Gasteiger partial charge in [-0.25, -0.2) is 15.0 Å². The lowest BCUT2D eigenvalue weighted by Crippen LogP contribution is -2.16. The zero-order valence-electron chi connectivity index (χ0n) is 19.4. The van der Waals surface area contributed by atoms with Gasteiger partial charge >= 0.3 is 12.2 Å². The van der Waals surface area contributed by atoms with Gasteiger partial charge in [0.1, 0.15) is 11.5 Å². The average Bonchev–Trinajstić information content (AvgIpc) is 2.87. The van der Waals surface area contributed by atoms with Crippen molar-refractivity contribution in [2.45, 2.75) is 19.0 Å². The summed E-state index contributed by atoms with van der Waals surface area (Å²) in [5, 5.41) is -0.396. The predicted molar refractivity (Wildman–Crippen MR) is 128 cm³/mol. The second-order valence-corrected chi connectivity index (χ2v) is 8.19. The molecule has 0 unspecified atom stereocenters. The number of hydrogen-bond donors (Lipinski definition) is 1. The molecule has 37 heavy (non-hydrogen) atoms. The first-order valence-corrected chi connectivity index (χ1v) is 11.3. The second-order valence-electron chi connectivity index (χ2n) is 7.78. The number of nitrogens with zero attached hydrogens (tertiary/aromatic N) is 3. The number of hydrogen-bond acceptors (Lipinski definition) is 7. The number of aromatic amines is 1. The highest BCUT2D eigenvalue weighted by Crippen LogP contribution is 2.37. The lowest BCUT2D eigenvalue weighted by atomic mass is 10.1. The third kappa shape index (κ3) is 6.98. The van der Waals surface area contributed by atoms with Gasteiger partial charge in [0, 0.05) is 37.0 Å². The summed E-state index contributed by atoms with van der Waals surface area (Å²) < 4.78 is 55.1.